The van der Waals surface area contributed by atoms with E-state index in [-0.39, 0.29) is 5.96 Å². The fourth-order valence-corrected chi connectivity index (χ4v) is 1.74. The molecule has 2 rings (SSSR count). The molecular formula is C11H17N5O. The van der Waals surface area contributed by atoms with Crippen molar-refractivity contribution in [3.05, 3.63) is 18.3 Å². The number of nitrogens with zero attached hydrogens (tertiary/aromatic N) is 2. The molecule has 1 aliphatic rings. The Balaban J connectivity index is 1.95. The van der Waals surface area contributed by atoms with E-state index in [0.717, 1.165) is 31.9 Å². The van der Waals surface area contributed by atoms with Crippen LogP contribution in [0.4, 0.5) is 11.5 Å². The second-order valence-corrected chi connectivity index (χ2v) is 3.97. The van der Waals surface area contributed by atoms with Crippen molar-refractivity contribution in [1.29, 1.82) is 0 Å². The zero-order chi connectivity index (χ0) is 12.1. The van der Waals surface area contributed by atoms with Gasteiger partial charge in [0.1, 0.15) is 5.82 Å². The van der Waals surface area contributed by atoms with E-state index in [4.69, 9.17) is 16.2 Å². The summed E-state index contributed by atoms with van der Waals surface area (Å²) in [6, 6.07) is 4.14. The number of hydrogen-bond acceptors (Lipinski definition) is 4. The van der Waals surface area contributed by atoms with Gasteiger partial charge in [0.05, 0.1) is 11.9 Å². The smallest absolute Gasteiger partial charge is 0.191 e. The van der Waals surface area contributed by atoms with Crippen LogP contribution in [0.5, 0.6) is 0 Å². The molecule has 0 aromatic carbocycles. The summed E-state index contributed by atoms with van der Waals surface area (Å²) in [7, 11) is 0. The minimum absolute atomic E-state index is 0.0388. The Hall–Kier alpha value is -1.82. The number of aliphatic imine (C=N–C) groups is 1. The average molecular weight is 235 g/mol. The molecule has 0 atom stereocenters. The Morgan fingerprint density at radius 2 is 2.12 bits per heavy atom. The lowest BCUT2D eigenvalue weighted by Gasteiger charge is -2.23. The predicted molar refractivity (Wildman–Crippen MR) is 67.2 cm³/mol. The van der Waals surface area contributed by atoms with Crippen molar-refractivity contribution in [2.24, 2.45) is 16.5 Å². The van der Waals surface area contributed by atoms with E-state index in [2.05, 4.69) is 15.3 Å². The van der Waals surface area contributed by atoms with E-state index in [1.54, 1.807) is 6.20 Å². The van der Waals surface area contributed by atoms with Crippen molar-refractivity contribution in [3.63, 3.8) is 0 Å². The minimum Gasteiger partial charge on any atom is -0.381 e. The minimum atomic E-state index is 0.0388. The highest BCUT2D eigenvalue weighted by atomic mass is 16.5. The maximum atomic E-state index is 5.29. The summed E-state index contributed by atoms with van der Waals surface area (Å²) in [5, 5.41) is 3.36. The van der Waals surface area contributed by atoms with Gasteiger partial charge >= 0.3 is 0 Å². The molecule has 1 saturated heterocycles. The standard InChI is InChI=1S/C11H17N5O/c12-11(13)16-9-1-2-10(14-7-9)15-8-3-5-17-6-4-8/h1-2,7-8H,3-6H2,(H,14,15)(H4,12,13,16). The summed E-state index contributed by atoms with van der Waals surface area (Å²) >= 11 is 0. The van der Waals surface area contributed by atoms with Crippen LogP contribution in [0.2, 0.25) is 0 Å². The van der Waals surface area contributed by atoms with Gasteiger partial charge in [0, 0.05) is 19.3 Å². The Kier molecular flexibility index (Phi) is 3.77. The first-order valence-corrected chi connectivity index (χ1v) is 5.64. The molecule has 1 fully saturated rings. The second-order valence-electron chi connectivity index (χ2n) is 3.97. The molecule has 1 aromatic rings. The Morgan fingerprint density at radius 3 is 2.71 bits per heavy atom. The first-order chi connectivity index (χ1) is 8.24. The van der Waals surface area contributed by atoms with Gasteiger partial charge < -0.3 is 21.5 Å². The molecule has 2 heterocycles. The fourth-order valence-electron chi connectivity index (χ4n) is 1.74. The van der Waals surface area contributed by atoms with Gasteiger partial charge in [-0.25, -0.2) is 9.98 Å². The summed E-state index contributed by atoms with van der Waals surface area (Å²) in [5.74, 6) is 0.878. The van der Waals surface area contributed by atoms with Crippen LogP contribution in [-0.4, -0.2) is 30.2 Å². The van der Waals surface area contributed by atoms with Crippen LogP contribution in [0.1, 0.15) is 12.8 Å². The third-order valence-corrected chi connectivity index (χ3v) is 2.58. The van der Waals surface area contributed by atoms with Crippen molar-refractivity contribution in [2.75, 3.05) is 18.5 Å². The van der Waals surface area contributed by atoms with Gasteiger partial charge in [0.15, 0.2) is 5.96 Å². The highest BCUT2D eigenvalue weighted by Gasteiger charge is 2.13. The summed E-state index contributed by atoms with van der Waals surface area (Å²) in [6.07, 6.45) is 3.66. The molecular weight excluding hydrogens is 218 g/mol. The van der Waals surface area contributed by atoms with Crippen molar-refractivity contribution in [3.8, 4) is 0 Å². The van der Waals surface area contributed by atoms with E-state index in [1.807, 2.05) is 12.1 Å². The number of nitrogens with two attached hydrogens (primary N) is 2. The number of aromatic nitrogens is 1. The monoisotopic (exact) mass is 235 g/mol. The molecule has 0 unspecified atom stereocenters. The molecule has 0 spiro atoms. The molecule has 1 aromatic heterocycles. The molecule has 17 heavy (non-hydrogen) atoms. The Labute approximate surface area is 100 Å². The highest BCUT2D eigenvalue weighted by molar-refractivity contribution is 5.78. The fraction of sp³-hybridized carbons (Fsp3) is 0.455. The SMILES string of the molecule is NC(N)=Nc1ccc(NC2CCOCC2)nc1. The molecule has 92 valence electrons. The van der Waals surface area contributed by atoms with E-state index in [0.29, 0.717) is 11.7 Å². The molecule has 0 amide bonds. The number of guanidine groups is 1. The topological polar surface area (TPSA) is 98.6 Å². The van der Waals surface area contributed by atoms with Gasteiger partial charge in [-0.3, -0.25) is 0 Å². The van der Waals surface area contributed by atoms with Crippen LogP contribution in [0.3, 0.4) is 0 Å². The van der Waals surface area contributed by atoms with Crippen molar-refractivity contribution >= 4 is 17.5 Å². The Bertz CT molecular complexity index is 379. The third-order valence-electron chi connectivity index (χ3n) is 2.58. The summed E-state index contributed by atoms with van der Waals surface area (Å²) < 4.78 is 5.29. The second kappa shape index (κ2) is 5.49. The normalized spacial score (nSPS) is 16.5. The number of rotatable bonds is 3. The number of anilines is 1. The molecule has 0 aliphatic carbocycles. The van der Waals surface area contributed by atoms with Crippen molar-refractivity contribution in [2.45, 2.75) is 18.9 Å². The number of nitrogens with one attached hydrogen (secondary N) is 1. The number of hydrogen-bond donors (Lipinski definition) is 3. The van der Waals surface area contributed by atoms with E-state index in [9.17, 15) is 0 Å². The molecule has 0 bridgehead atoms. The predicted octanol–water partition coefficient (Wildman–Crippen LogP) is 0.577. The maximum Gasteiger partial charge on any atom is 0.191 e. The number of ether oxygens (including phenoxy) is 1. The van der Waals surface area contributed by atoms with E-state index < -0.39 is 0 Å². The van der Waals surface area contributed by atoms with Crippen LogP contribution in [0, 0.1) is 0 Å². The first kappa shape index (κ1) is 11.7. The number of pyridine rings is 1. The quantitative estimate of drug-likeness (QED) is 0.525. The maximum absolute atomic E-state index is 5.29. The van der Waals surface area contributed by atoms with Gasteiger partial charge in [0.2, 0.25) is 0 Å². The lowest BCUT2D eigenvalue weighted by molar-refractivity contribution is 0.0904. The van der Waals surface area contributed by atoms with Crippen LogP contribution >= 0.6 is 0 Å². The lowest BCUT2D eigenvalue weighted by atomic mass is 10.1. The van der Waals surface area contributed by atoms with Gasteiger partial charge in [-0.05, 0) is 25.0 Å². The zero-order valence-electron chi connectivity index (χ0n) is 9.60. The highest BCUT2D eigenvalue weighted by Crippen LogP contribution is 2.16. The van der Waals surface area contributed by atoms with E-state index in [1.165, 1.54) is 0 Å². The molecule has 5 N–H and O–H groups in total. The van der Waals surface area contributed by atoms with Crippen LogP contribution in [-0.2, 0) is 4.74 Å². The van der Waals surface area contributed by atoms with Crippen LogP contribution in [0.25, 0.3) is 0 Å². The third kappa shape index (κ3) is 3.60. The van der Waals surface area contributed by atoms with Crippen LogP contribution in [0.15, 0.2) is 23.3 Å². The molecule has 0 saturated carbocycles. The van der Waals surface area contributed by atoms with Crippen molar-refractivity contribution < 1.29 is 4.74 Å². The molecule has 1 aliphatic heterocycles. The van der Waals surface area contributed by atoms with Crippen molar-refractivity contribution in [1.82, 2.24) is 4.98 Å². The van der Waals surface area contributed by atoms with Gasteiger partial charge in [-0.1, -0.05) is 0 Å². The first-order valence-electron chi connectivity index (χ1n) is 5.64. The molecule has 0 radical (unpaired) electrons. The van der Waals surface area contributed by atoms with Gasteiger partial charge in [-0.15, -0.1) is 0 Å². The van der Waals surface area contributed by atoms with E-state index >= 15 is 0 Å². The zero-order valence-corrected chi connectivity index (χ0v) is 9.60. The van der Waals surface area contributed by atoms with Crippen LogP contribution < -0.4 is 16.8 Å². The lowest BCUT2D eigenvalue weighted by Crippen LogP contribution is -2.28. The Morgan fingerprint density at radius 1 is 1.35 bits per heavy atom. The average Bonchev–Trinajstić information content (AvgIpc) is 2.32. The molecule has 6 nitrogen and oxygen atoms in total. The van der Waals surface area contributed by atoms with Gasteiger partial charge in [-0.2, -0.15) is 0 Å². The molecule has 6 heteroatoms. The summed E-state index contributed by atoms with van der Waals surface area (Å²) in [4.78, 5) is 8.17. The largest absolute Gasteiger partial charge is 0.381 e. The summed E-state index contributed by atoms with van der Waals surface area (Å²) in [6.45, 7) is 1.62. The summed E-state index contributed by atoms with van der Waals surface area (Å²) in [5.41, 5.74) is 11.2. The van der Waals surface area contributed by atoms with Gasteiger partial charge in [0.25, 0.3) is 0 Å².